The molecule has 2 rings (SSSR count). The lowest BCUT2D eigenvalue weighted by Crippen LogP contribution is -2.76. The highest BCUT2D eigenvalue weighted by molar-refractivity contribution is 7.89. The molecule has 0 bridgehead atoms. The summed E-state index contributed by atoms with van der Waals surface area (Å²) in [7, 11) is -3.26. The molecule has 2 unspecified atom stereocenters. The molecule has 2 atom stereocenters. The van der Waals surface area contributed by atoms with Gasteiger partial charge in [0, 0.05) is 38.0 Å². The Balaban J connectivity index is 1.99. The van der Waals surface area contributed by atoms with Crippen molar-refractivity contribution in [1.82, 2.24) is 9.62 Å². The molecule has 1 aliphatic heterocycles. The number of carbonyl (C=O) groups excluding carboxylic acids is 1. The number of hydrogen-bond donors (Lipinski definition) is 2. The first-order valence-corrected chi connectivity index (χ1v) is 9.81. The van der Waals surface area contributed by atoms with Gasteiger partial charge in [-0.1, -0.05) is 13.8 Å². The molecule has 1 saturated heterocycles. The van der Waals surface area contributed by atoms with Gasteiger partial charge in [0.05, 0.1) is 11.9 Å². The minimum atomic E-state index is -3.26. The van der Waals surface area contributed by atoms with Gasteiger partial charge in [-0.2, -0.15) is 0 Å². The summed E-state index contributed by atoms with van der Waals surface area (Å²) in [6.45, 7) is 6.33. The van der Waals surface area contributed by atoms with E-state index in [0.717, 1.165) is 0 Å². The second-order valence-corrected chi connectivity index (χ2v) is 9.04. The zero-order chi connectivity index (χ0) is 18.2. The summed E-state index contributed by atoms with van der Waals surface area (Å²) >= 11 is 0. The molecular formula is C15H26N2O6S. The molecule has 0 radical (unpaired) electrons. The Morgan fingerprint density at radius 1 is 1.38 bits per heavy atom. The van der Waals surface area contributed by atoms with Crippen LogP contribution in [0, 0.1) is 5.41 Å². The Hall–Kier alpha value is -1.19. The molecule has 1 heterocycles. The normalized spacial score (nSPS) is 31.4. The summed E-state index contributed by atoms with van der Waals surface area (Å²) in [6.07, 6.45) is 0.477. The SMILES string of the molecule is CCOC1CC(NC(=O)CCN2CCCS2(=O)=O)(C(=O)O)C1(C)C. The van der Waals surface area contributed by atoms with Crippen LogP contribution < -0.4 is 5.32 Å². The van der Waals surface area contributed by atoms with Gasteiger partial charge in [0.25, 0.3) is 0 Å². The zero-order valence-electron chi connectivity index (χ0n) is 14.4. The lowest BCUT2D eigenvalue weighted by molar-refractivity contribution is -0.194. The maximum absolute atomic E-state index is 12.2. The summed E-state index contributed by atoms with van der Waals surface area (Å²) in [5.74, 6) is -1.44. The maximum Gasteiger partial charge on any atom is 0.330 e. The Labute approximate surface area is 142 Å². The van der Waals surface area contributed by atoms with Crippen LogP contribution in [0.25, 0.3) is 0 Å². The van der Waals surface area contributed by atoms with Crippen LogP contribution >= 0.6 is 0 Å². The number of ether oxygens (including phenoxy) is 1. The first-order chi connectivity index (χ1) is 11.1. The summed E-state index contributed by atoms with van der Waals surface area (Å²) in [4.78, 5) is 24.0. The van der Waals surface area contributed by atoms with E-state index in [0.29, 0.717) is 19.6 Å². The molecule has 8 nitrogen and oxygen atoms in total. The molecule has 1 aliphatic carbocycles. The van der Waals surface area contributed by atoms with Crippen LogP contribution in [0.15, 0.2) is 0 Å². The number of hydrogen-bond acceptors (Lipinski definition) is 5. The summed E-state index contributed by atoms with van der Waals surface area (Å²) in [5.41, 5.74) is -2.13. The third-order valence-electron chi connectivity index (χ3n) is 5.27. The number of carbonyl (C=O) groups is 2. The van der Waals surface area contributed by atoms with E-state index in [1.165, 1.54) is 4.31 Å². The summed E-state index contributed by atoms with van der Waals surface area (Å²) < 4.78 is 30.3. The number of sulfonamides is 1. The van der Waals surface area contributed by atoms with Crippen LogP contribution in [0.3, 0.4) is 0 Å². The molecule has 138 valence electrons. The van der Waals surface area contributed by atoms with Gasteiger partial charge in [0.1, 0.15) is 5.54 Å². The highest BCUT2D eigenvalue weighted by Gasteiger charge is 2.66. The van der Waals surface area contributed by atoms with Crippen molar-refractivity contribution in [2.75, 3.05) is 25.4 Å². The topological polar surface area (TPSA) is 113 Å². The largest absolute Gasteiger partial charge is 0.479 e. The van der Waals surface area contributed by atoms with Crippen LogP contribution in [0.5, 0.6) is 0 Å². The van der Waals surface area contributed by atoms with E-state index in [4.69, 9.17) is 4.74 Å². The van der Waals surface area contributed by atoms with Gasteiger partial charge in [-0.25, -0.2) is 17.5 Å². The van der Waals surface area contributed by atoms with Gasteiger partial charge in [-0.05, 0) is 13.3 Å². The first-order valence-electron chi connectivity index (χ1n) is 8.20. The standard InChI is InChI=1S/C15H26N2O6S/c1-4-23-11-10-15(13(19)20,14(11,2)3)16-12(18)6-8-17-7-5-9-24(17,21)22/h11H,4-10H2,1-3H3,(H,16,18)(H,19,20). The minimum absolute atomic E-state index is 0.0519. The van der Waals surface area contributed by atoms with E-state index in [2.05, 4.69) is 5.32 Å². The van der Waals surface area contributed by atoms with E-state index in [1.54, 1.807) is 13.8 Å². The van der Waals surface area contributed by atoms with Gasteiger partial charge >= 0.3 is 5.97 Å². The number of amides is 1. The van der Waals surface area contributed by atoms with E-state index >= 15 is 0 Å². The van der Waals surface area contributed by atoms with Crippen LogP contribution in [0.1, 0.15) is 40.0 Å². The average molecular weight is 362 g/mol. The lowest BCUT2D eigenvalue weighted by Gasteiger charge is -2.58. The third kappa shape index (κ3) is 3.16. The van der Waals surface area contributed by atoms with Gasteiger partial charge in [-0.15, -0.1) is 0 Å². The zero-order valence-corrected chi connectivity index (χ0v) is 15.2. The molecule has 2 aliphatic rings. The molecule has 2 N–H and O–H groups in total. The lowest BCUT2D eigenvalue weighted by atomic mass is 9.54. The number of nitrogens with one attached hydrogen (secondary N) is 1. The Bertz CT molecular complexity index is 617. The molecule has 0 aromatic heterocycles. The third-order valence-corrected chi connectivity index (χ3v) is 7.23. The quantitative estimate of drug-likeness (QED) is 0.668. The first kappa shape index (κ1) is 19.1. The van der Waals surface area contributed by atoms with Gasteiger partial charge in [0.15, 0.2) is 0 Å². The fraction of sp³-hybridized carbons (Fsp3) is 0.867. The monoisotopic (exact) mass is 362 g/mol. The average Bonchev–Trinajstić information content (AvgIpc) is 2.82. The van der Waals surface area contributed by atoms with Crippen molar-refractivity contribution in [2.45, 2.75) is 51.7 Å². The highest BCUT2D eigenvalue weighted by atomic mass is 32.2. The minimum Gasteiger partial charge on any atom is -0.479 e. The number of carboxylic acids is 1. The predicted octanol–water partition coefficient (Wildman–Crippen LogP) is 0.187. The van der Waals surface area contributed by atoms with Crippen molar-refractivity contribution >= 4 is 21.9 Å². The molecule has 0 aromatic carbocycles. The van der Waals surface area contributed by atoms with Crippen LogP contribution in [0.2, 0.25) is 0 Å². The van der Waals surface area contributed by atoms with Crippen LogP contribution in [0.4, 0.5) is 0 Å². The van der Waals surface area contributed by atoms with Crippen molar-refractivity contribution in [3.63, 3.8) is 0 Å². The highest BCUT2D eigenvalue weighted by Crippen LogP contribution is 2.51. The van der Waals surface area contributed by atoms with Crippen molar-refractivity contribution in [2.24, 2.45) is 5.41 Å². The number of carboxylic acid groups (broad SMARTS) is 1. The Morgan fingerprint density at radius 3 is 2.50 bits per heavy atom. The van der Waals surface area contributed by atoms with Crippen molar-refractivity contribution in [3.05, 3.63) is 0 Å². The maximum atomic E-state index is 12.2. The number of nitrogens with zero attached hydrogens (tertiary/aromatic N) is 1. The molecule has 1 amide bonds. The smallest absolute Gasteiger partial charge is 0.330 e. The Morgan fingerprint density at radius 2 is 2.04 bits per heavy atom. The van der Waals surface area contributed by atoms with Crippen molar-refractivity contribution in [3.8, 4) is 0 Å². The summed E-state index contributed by atoms with van der Waals surface area (Å²) in [5, 5.41) is 12.3. The fourth-order valence-corrected chi connectivity index (χ4v) is 5.03. The molecule has 1 saturated carbocycles. The molecule has 0 aromatic rings. The second kappa shape index (κ2) is 6.61. The predicted molar refractivity (Wildman–Crippen MR) is 86.9 cm³/mol. The summed E-state index contributed by atoms with van der Waals surface area (Å²) in [6, 6.07) is 0. The second-order valence-electron chi connectivity index (χ2n) is 6.95. The molecule has 2 fully saturated rings. The van der Waals surface area contributed by atoms with E-state index in [-0.39, 0.29) is 31.2 Å². The van der Waals surface area contributed by atoms with E-state index in [1.807, 2.05) is 6.92 Å². The molecule has 0 spiro atoms. The van der Waals surface area contributed by atoms with E-state index < -0.39 is 32.9 Å². The number of rotatable bonds is 7. The van der Waals surface area contributed by atoms with Crippen molar-refractivity contribution in [1.29, 1.82) is 0 Å². The number of aliphatic carboxylic acids is 1. The molecule has 24 heavy (non-hydrogen) atoms. The van der Waals surface area contributed by atoms with Crippen LogP contribution in [-0.2, 0) is 24.3 Å². The van der Waals surface area contributed by atoms with Gasteiger partial charge in [0.2, 0.25) is 15.9 Å². The molecule has 9 heteroatoms. The van der Waals surface area contributed by atoms with Gasteiger partial charge in [-0.3, -0.25) is 4.79 Å². The Kier molecular flexibility index (Phi) is 5.27. The van der Waals surface area contributed by atoms with Crippen molar-refractivity contribution < 1.29 is 27.9 Å². The van der Waals surface area contributed by atoms with E-state index in [9.17, 15) is 23.1 Å². The molecular weight excluding hydrogens is 336 g/mol. The van der Waals surface area contributed by atoms with Gasteiger partial charge < -0.3 is 15.2 Å². The van der Waals surface area contributed by atoms with Crippen LogP contribution in [-0.4, -0.2) is 66.8 Å². The fourth-order valence-electron chi connectivity index (χ4n) is 3.51.